The number of nitrogens with zero attached hydrogens (tertiary/aromatic N) is 2. The molecule has 2 rings (SSSR count). The molecule has 0 atom stereocenters. The second-order valence-electron chi connectivity index (χ2n) is 3.22. The van der Waals surface area contributed by atoms with Gasteiger partial charge in [0, 0.05) is 17.7 Å². The Morgan fingerprint density at radius 2 is 2.42 bits per heavy atom. The average molecular weight is 167 g/mol. The second-order valence-corrected chi connectivity index (χ2v) is 3.22. The summed E-state index contributed by atoms with van der Waals surface area (Å²) in [5.41, 5.74) is 6.74. The Morgan fingerprint density at radius 3 is 3.00 bits per heavy atom. The van der Waals surface area contributed by atoms with Crippen molar-refractivity contribution in [1.29, 1.82) is 0 Å². The van der Waals surface area contributed by atoms with Gasteiger partial charge in [-0.1, -0.05) is 0 Å². The summed E-state index contributed by atoms with van der Waals surface area (Å²) in [5, 5.41) is 12.8. The number of hydrogen-bond acceptors (Lipinski definition) is 3. The molecule has 1 aliphatic rings. The zero-order valence-electron chi connectivity index (χ0n) is 6.90. The Hall–Kier alpha value is -1.03. The Balaban J connectivity index is 2.24. The normalized spacial score (nSPS) is 16.8. The Labute approximate surface area is 71.0 Å². The van der Waals surface area contributed by atoms with Crippen molar-refractivity contribution >= 4 is 5.82 Å². The summed E-state index contributed by atoms with van der Waals surface area (Å²) in [4.78, 5) is 0. The van der Waals surface area contributed by atoms with Crippen LogP contribution in [0, 0.1) is 0 Å². The van der Waals surface area contributed by atoms with Crippen LogP contribution in [0.1, 0.15) is 24.5 Å². The molecule has 1 saturated carbocycles. The third-order valence-corrected chi connectivity index (χ3v) is 2.14. The summed E-state index contributed by atoms with van der Waals surface area (Å²) >= 11 is 0. The molecule has 0 bridgehead atoms. The van der Waals surface area contributed by atoms with Gasteiger partial charge in [0.2, 0.25) is 0 Å². The molecule has 1 fully saturated rings. The first-order valence-electron chi connectivity index (χ1n) is 4.25. The van der Waals surface area contributed by atoms with Crippen molar-refractivity contribution in [3.8, 4) is 0 Å². The minimum absolute atomic E-state index is 0.126. The quantitative estimate of drug-likeness (QED) is 0.682. The van der Waals surface area contributed by atoms with E-state index in [1.165, 1.54) is 18.5 Å². The second kappa shape index (κ2) is 2.79. The Bertz CT molecular complexity index is 278. The van der Waals surface area contributed by atoms with E-state index in [1.807, 2.05) is 10.7 Å². The van der Waals surface area contributed by atoms with Crippen LogP contribution in [0.3, 0.4) is 0 Å². The van der Waals surface area contributed by atoms with Crippen molar-refractivity contribution in [3.05, 3.63) is 11.8 Å². The maximum atomic E-state index is 8.75. The summed E-state index contributed by atoms with van der Waals surface area (Å²) in [5.74, 6) is 1.20. The van der Waals surface area contributed by atoms with Gasteiger partial charge in [0.15, 0.2) is 0 Å². The average Bonchev–Trinajstić information content (AvgIpc) is 2.79. The minimum Gasteiger partial charge on any atom is -0.394 e. The highest BCUT2D eigenvalue weighted by molar-refractivity contribution is 5.32. The molecule has 4 heteroatoms. The number of hydrogen-bond donors (Lipinski definition) is 2. The molecule has 3 N–H and O–H groups in total. The predicted molar refractivity (Wildman–Crippen MR) is 45.7 cm³/mol. The number of aliphatic hydroxyl groups is 1. The molecule has 66 valence electrons. The molecule has 0 unspecified atom stereocenters. The van der Waals surface area contributed by atoms with Gasteiger partial charge in [-0.2, -0.15) is 5.10 Å². The lowest BCUT2D eigenvalue weighted by atomic mass is 10.3. The highest BCUT2D eigenvalue weighted by Gasteiger charge is 2.27. The first kappa shape index (κ1) is 7.61. The number of nitrogens with two attached hydrogens (primary N) is 1. The summed E-state index contributed by atoms with van der Waals surface area (Å²) in [6.07, 6.45) is 2.47. The Kier molecular flexibility index (Phi) is 1.77. The van der Waals surface area contributed by atoms with Gasteiger partial charge in [-0.15, -0.1) is 0 Å². The first-order valence-corrected chi connectivity index (χ1v) is 4.25. The van der Waals surface area contributed by atoms with Crippen LogP contribution in [0.25, 0.3) is 0 Å². The van der Waals surface area contributed by atoms with Gasteiger partial charge in [0.05, 0.1) is 13.2 Å². The van der Waals surface area contributed by atoms with E-state index in [0.29, 0.717) is 18.3 Å². The third-order valence-electron chi connectivity index (χ3n) is 2.14. The SMILES string of the molecule is Nc1cc(C2CC2)n(CCO)n1. The standard InChI is InChI=1S/C8H13N3O/c9-8-5-7(6-1-2-6)11(10-8)3-4-12/h5-6,12H,1-4H2,(H2,9,10). The van der Waals surface area contributed by atoms with Crippen molar-refractivity contribution < 1.29 is 5.11 Å². The van der Waals surface area contributed by atoms with Crippen molar-refractivity contribution in [2.75, 3.05) is 12.3 Å². The van der Waals surface area contributed by atoms with Crippen molar-refractivity contribution in [2.24, 2.45) is 0 Å². The van der Waals surface area contributed by atoms with E-state index in [1.54, 1.807) is 0 Å². The molecule has 1 aromatic heterocycles. The van der Waals surface area contributed by atoms with E-state index >= 15 is 0 Å². The smallest absolute Gasteiger partial charge is 0.145 e. The molecule has 1 aliphatic carbocycles. The lowest BCUT2D eigenvalue weighted by Gasteiger charge is -2.02. The fraction of sp³-hybridized carbons (Fsp3) is 0.625. The number of anilines is 1. The fourth-order valence-corrected chi connectivity index (χ4v) is 1.43. The van der Waals surface area contributed by atoms with Crippen molar-refractivity contribution in [1.82, 2.24) is 9.78 Å². The first-order chi connectivity index (χ1) is 5.81. The maximum Gasteiger partial charge on any atom is 0.145 e. The van der Waals surface area contributed by atoms with Crippen LogP contribution in [-0.4, -0.2) is 21.5 Å². The summed E-state index contributed by atoms with van der Waals surface area (Å²) in [6.45, 7) is 0.684. The maximum absolute atomic E-state index is 8.75. The zero-order valence-corrected chi connectivity index (χ0v) is 6.90. The van der Waals surface area contributed by atoms with Gasteiger partial charge in [0.1, 0.15) is 5.82 Å². The lowest BCUT2D eigenvalue weighted by molar-refractivity contribution is 0.267. The van der Waals surface area contributed by atoms with Gasteiger partial charge in [-0.05, 0) is 12.8 Å². The molecule has 4 nitrogen and oxygen atoms in total. The highest BCUT2D eigenvalue weighted by Crippen LogP contribution is 2.40. The topological polar surface area (TPSA) is 64.1 Å². The van der Waals surface area contributed by atoms with E-state index in [2.05, 4.69) is 5.10 Å². The van der Waals surface area contributed by atoms with E-state index in [0.717, 1.165) is 0 Å². The van der Waals surface area contributed by atoms with E-state index in [-0.39, 0.29) is 6.61 Å². The predicted octanol–water partition coefficient (Wildman–Crippen LogP) is 0.335. The van der Waals surface area contributed by atoms with Crippen molar-refractivity contribution in [2.45, 2.75) is 25.3 Å². The molecule has 0 aromatic carbocycles. The molecule has 0 saturated heterocycles. The van der Waals surface area contributed by atoms with Crippen LogP contribution in [0.2, 0.25) is 0 Å². The van der Waals surface area contributed by atoms with Gasteiger partial charge in [-0.25, -0.2) is 0 Å². The molecular formula is C8H13N3O. The van der Waals surface area contributed by atoms with Crippen LogP contribution in [0.4, 0.5) is 5.82 Å². The number of aromatic nitrogens is 2. The number of rotatable bonds is 3. The molecule has 0 aliphatic heterocycles. The van der Waals surface area contributed by atoms with Gasteiger partial charge in [-0.3, -0.25) is 4.68 Å². The molecule has 0 radical (unpaired) electrons. The third kappa shape index (κ3) is 1.30. The molecular weight excluding hydrogens is 154 g/mol. The van der Waals surface area contributed by atoms with Gasteiger partial charge < -0.3 is 10.8 Å². The molecule has 12 heavy (non-hydrogen) atoms. The lowest BCUT2D eigenvalue weighted by Crippen LogP contribution is -2.07. The summed E-state index contributed by atoms with van der Waals surface area (Å²) in [6, 6.07) is 1.91. The zero-order chi connectivity index (χ0) is 8.55. The highest BCUT2D eigenvalue weighted by atomic mass is 16.3. The van der Waals surface area contributed by atoms with E-state index in [9.17, 15) is 0 Å². The summed E-state index contributed by atoms with van der Waals surface area (Å²) < 4.78 is 1.81. The largest absolute Gasteiger partial charge is 0.394 e. The van der Waals surface area contributed by atoms with Crippen LogP contribution < -0.4 is 5.73 Å². The van der Waals surface area contributed by atoms with Crippen LogP contribution in [-0.2, 0) is 6.54 Å². The fourth-order valence-electron chi connectivity index (χ4n) is 1.43. The molecule has 1 aromatic rings. The summed E-state index contributed by atoms with van der Waals surface area (Å²) in [7, 11) is 0. The molecule has 0 spiro atoms. The minimum atomic E-state index is 0.126. The monoisotopic (exact) mass is 167 g/mol. The van der Waals surface area contributed by atoms with Crippen LogP contribution in [0.5, 0.6) is 0 Å². The van der Waals surface area contributed by atoms with E-state index < -0.39 is 0 Å². The van der Waals surface area contributed by atoms with E-state index in [4.69, 9.17) is 10.8 Å². The van der Waals surface area contributed by atoms with Gasteiger partial charge in [0.25, 0.3) is 0 Å². The number of aliphatic hydroxyl groups excluding tert-OH is 1. The van der Waals surface area contributed by atoms with Crippen LogP contribution in [0.15, 0.2) is 6.07 Å². The molecule has 0 amide bonds. The van der Waals surface area contributed by atoms with Crippen molar-refractivity contribution in [3.63, 3.8) is 0 Å². The van der Waals surface area contributed by atoms with Gasteiger partial charge >= 0.3 is 0 Å². The van der Waals surface area contributed by atoms with Crippen LogP contribution >= 0.6 is 0 Å². The Morgan fingerprint density at radius 1 is 1.67 bits per heavy atom. The molecule has 1 heterocycles. The number of nitrogen functional groups attached to an aromatic ring is 1.